The topological polar surface area (TPSA) is 32.3 Å². The van der Waals surface area contributed by atoms with E-state index in [4.69, 9.17) is 0 Å². The molecule has 24 heavy (non-hydrogen) atoms. The van der Waals surface area contributed by atoms with Crippen LogP contribution < -0.4 is 5.32 Å². The molecule has 0 spiro atoms. The van der Waals surface area contributed by atoms with Crippen molar-refractivity contribution < 1.29 is 5.11 Å². The first kappa shape index (κ1) is 17.2. The largest absolute Gasteiger partial charge is 0.388 e. The highest BCUT2D eigenvalue weighted by Crippen LogP contribution is 2.32. The molecular weight excluding hydrogens is 294 g/mol. The molecule has 1 fully saturated rings. The highest BCUT2D eigenvalue weighted by molar-refractivity contribution is 5.30. The Morgan fingerprint density at radius 1 is 1.08 bits per heavy atom. The molecule has 0 aliphatic carbocycles. The third-order valence-electron chi connectivity index (χ3n) is 5.19. The maximum atomic E-state index is 10.9. The van der Waals surface area contributed by atoms with Gasteiger partial charge in [-0.3, -0.25) is 0 Å². The molecule has 0 bridgehead atoms. The first-order valence-electron chi connectivity index (χ1n) is 9.15. The molecule has 1 saturated heterocycles. The van der Waals surface area contributed by atoms with Crippen LogP contribution in [0.4, 0.5) is 0 Å². The third kappa shape index (κ3) is 4.46. The van der Waals surface area contributed by atoms with Gasteiger partial charge in [0.2, 0.25) is 0 Å². The monoisotopic (exact) mass is 323 g/mol. The van der Waals surface area contributed by atoms with E-state index in [0.29, 0.717) is 12.0 Å². The summed E-state index contributed by atoms with van der Waals surface area (Å²) in [6, 6.07) is 17.6. The van der Waals surface area contributed by atoms with Crippen LogP contribution in [0.1, 0.15) is 47.6 Å². The molecule has 1 aliphatic rings. The summed E-state index contributed by atoms with van der Waals surface area (Å²) in [6.07, 6.45) is 4.01. The lowest BCUT2D eigenvalue weighted by molar-refractivity contribution is 0.0765. The molecule has 0 amide bonds. The van der Waals surface area contributed by atoms with Crippen molar-refractivity contribution >= 4 is 0 Å². The van der Waals surface area contributed by atoms with Crippen molar-refractivity contribution in [3.8, 4) is 0 Å². The molecule has 3 rings (SSSR count). The van der Waals surface area contributed by atoms with Gasteiger partial charge in [-0.2, -0.15) is 0 Å². The minimum atomic E-state index is -0.343. The Labute approximate surface area is 145 Å². The minimum Gasteiger partial charge on any atom is -0.388 e. The fourth-order valence-corrected chi connectivity index (χ4v) is 3.98. The molecule has 3 unspecified atom stereocenters. The van der Waals surface area contributed by atoms with Crippen LogP contribution in [0.15, 0.2) is 48.5 Å². The normalized spacial score (nSPS) is 22.3. The number of aliphatic hydroxyl groups excluding tert-OH is 1. The zero-order chi connectivity index (χ0) is 16.9. The second-order valence-corrected chi connectivity index (χ2v) is 7.33. The van der Waals surface area contributed by atoms with Crippen LogP contribution in [0.3, 0.4) is 0 Å². The Balaban J connectivity index is 1.60. The molecule has 0 saturated carbocycles. The van der Waals surface area contributed by atoms with Gasteiger partial charge in [0.25, 0.3) is 0 Å². The summed E-state index contributed by atoms with van der Waals surface area (Å²) < 4.78 is 0. The van der Waals surface area contributed by atoms with Gasteiger partial charge in [0.15, 0.2) is 0 Å². The Morgan fingerprint density at radius 3 is 2.50 bits per heavy atom. The van der Waals surface area contributed by atoms with E-state index in [-0.39, 0.29) is 6.10 Å². The maximum absolute atomic E-state index is 10.9. The van der Waals surface area contributed by atoms with E-state index < -0.39 is 0 Å². The molecule has 2 aromatic carbocycles. The SMILES string of the molecule is Cc1cc(C)cc(C(O)C2CCNC(CCc3ccccc3)C2)c1. The Morgan fingerprint density at radius 2 is 1.79 bits per heavy atom. The van der Waals surface area contributed by atoms with E-state index in [1.807, 2.05) is 0 Å². The van der Waals surface area contributed by atoms with E-state index >= 15 is 0 Å². The first-order valence-corrected chi connectivity index (χ1v) is 9.15. The maximum Gasteiger partial charge on any atom is 0.0819 e. The minimum absolute atomic E-state index is 0.343. The van der Waals surface area contributed by atoms with Crippen LogP contribution in [-0.2, 0) is 6.42 Å². The highest BCUT2D eigenvalue weighted by Gasteiger charge is 2.28. The summed E-state index contributed by atoms with van der Waals surface area (Å²) in [5.74, 6) is 0.355. The van der Waals surface area contributed by atoms with Crippen molar-refractivity contribution in [2.75, 3.05) is 6.54 Å². The number of nitrogens with one attached hydrogen (secondary N) is 1. The average molecular weight is 323 g/mol. The van der Waals surface area contributed by atoms with Crippen LogP contribution in [-0.4, -0.2) is 17.7 Å². The molecule has 2 heteroatoms. The molecule has 1 heterocycles. The number of hydrogen-bond donors (Lipinski definition) is 2. The van der Waals surface area contributed by atoms with Gasteiger partial charge < -0.3 is 10.4 Å². The second kappa shape index (κ2) is 7.96. The van der Waals surface area contributed by atoms with E-state index in [2.05, 4.69) is 67.7 Å². The van der Waals surface area contributed by atoms with Crippen molar-refractivity contribution in [1.29, 1.82) is 0 Å². The summed E-state index contributed by atoms with van der Waals surface area (Å²) in [7, 11) is 0. The van der Waals surface area contributed by atoms with Crippen molar-refractivity contribution in [3.63, 3.8) is 0 Å². The van der Waals surface area contributed by atoms with Gasteiger partial charge in [0, 0.05) is 6.04 Å². The zero-order valence-electron chi connectivity index (χ0n) is 14.8. The van der Waals surface area contributed by atoms with Crippen molar-refractivity contribution in [3.05, 3.63) is 70.8 Å². The lowest BCUT2D eigenvalue weighted by atomic mass is 9.82. The molecular formula is C22H29NO. The van der Waals surface area contributed by atoms with Crippen molar-refractivity contribution in [2.24, 2.45) is 5.92 Å². The van der Waals surface area contributed by atoms with Crippen LogP contribution in [0.5, 0.6) is 0 Å². The smallest absolute Gasteiger partial charge is 0.0819 e. The van der Waals surface area contributed by atoms with E-state index in [9.17, 15) is 5.11 Å². The van der Waals surface area contributed by atoms with E-state index in [1.165, 1.54) is 16.7 Å². The molecule has 2 nitrogen and oxygen atoms in total. The average Bonchev–Trinajstić information content (AvgIpc) is 2.59. The van der Waals surface area contributed by atoms with Gasteiger partial charge in [-0.1, -0.05) is 59.7 Å². The van der Waals surface area contributed by atoms with Gasteiger partial charge in [-0.25, -0.2) is 0 Å². The number of benzene rings is 2. The fourth-order valence-electron chi connectivity index (χ4n) is 3.98. The quantitative estimate of drug-likeness (QED) is 0.858. The van der Waals surface area contributed by atoms with Gasteiger partial charge >= 0.3 is 0 Å². The van der Waals surface area contributed by atoms with Gasteiger partial charge in [0.1, 0.15) is 0 Å². The number of rotatable bonds is 5. The highest BCUT2D eigenvalue weighted by atomic mass is 16.3. The summed E-state index contributed by atoms with van der Waals surface area (Å²) in [4.78, 5) is 0. The lowest BCUT2D eigenvalue weighted by Crippen LogP contribution is -2.40. The summed E-state index contributed by atoms with van der Waals surface area (Å²) in [6.45, 7) is 5.22. The second-order valence-electron chi connectivity index (χ2n) is 7.33. The molecule has 2 N–H and O–H groups in total. The Bertz CT molecular complexity index is 632. The standard InChI is InChI=1S/C22H29NO/c1-16-12-17(2)14-20(13-16)22(24)19-10-11-23-21(15-19)9-8-18-6-4-3-5-7-18/h3-7,12-14,19,21-24H,8-11,15H2,1-2H3. The molecule has 2 aromatic rings. The first-order chi connectivity index (χ1) is 11.6. The van der Waals surface area contributed by atoms with Crippen molar-refractivity contribution in [2.45, 2.75) is 51.7 Å². The molecule has 0 radical (unpaired) electrons. The Hall–Kier alpha value is -1.64. The van der Waals surface area contributed by atoms with E-state index in [1.54, 1.807) is 0 Å². The predicted molar refractivity (Wildman–Crippen MR) is 100 cm³/mol. The lowest BCUT2D eigenvalue weighted by Gasteiger charge is -2.33. The van der Waals surface area contributed by atoms with Crippen LogP contribution in [0, 0.1) is 19.8 Å². The number of aryl methyl sites for hydroxylation is 3. The number of hydrogen-bond acceptors (Lipinski definition) is 2. The summed E-state index contributed by atoms with van der Waals surface area (Å²) >= 11 is 0. The Kier molecular flexibility index (Phi) is 5.70. The fraction of sp³-hybridized carbons (Fsp3) is 0.455. The zero-order valence-corrected chi connectivity index (χ0v) is 14.8. The van der Waals surface area contributed by atoms with E-state index in [0.717, 1.165) is 37.8 Å². The molecule has 0 aromatic heterocycles. The van der Waals surface area contributed by atoms with Gasteiger partial charge in [-0.15, -0.1) is 0 Å². The summed E-state index contributed by atoms with van der Waals surface area (Å²) in [5, 5.41) is 14.5. The predicted octanol–water partition coefficient (Wildman–Crippen LogP) is 4.34. The molecule has 3 atom stereocenters. The van der Waals surface area contributed by atoms with Crippen LogP contribution in [0.2, 0.25) is 0 Å². The van der Waals surface area contributed by atoms with Gasteiger partial charge in [-0.05, 0) is 63.1 Å². The summed E-state index contributed by atoms with van der Waals surface area (Å²) in [5.41, 5.74) is 4.95. The van der Waals surface area contributed by atoms with Crippen molar-refractivity contribution in [1.82, 2.24) is 5.32 Å². The molecule has 1 aliphatic heterocycles. The number of piperidine rings is 1. The third-order valence-corrected chi connectivity index (χ3v) is 5.19. The number of aliphatic hydroxyl groups is 1. The van der Waals surface area contributed by atoms with Crippen LogP contribution in [0.25, 0.3) is 0 Å². The van der Waals surface area contributed by atoms with Crippen LogP contribution >= 0.6 is 0 Å². The van der Waals surface area contributed by atoms with Gasteiger partial charge in [0.05, 0.1) is 6.10 Å². The molecule has 128 valence electrons.